The summed E-state index contributed by atoms with van der Waals surface area (Å²) < 4.78 is 6.88. The minimum Gasteiger partial charge on any atom is -0.497 e. The van der Waals surface area contributed by atoms with Crippen molar-refractivity contribution in [3.8, 4) is 11.4 Å². The summed E-state index contributed by atoms with van der Waals surface area (Å²) in [5.74, 6) is 1.12. The first-order valence-corrected chi connectivity index (χ1v) is 9.15. The van der Waals surface area contributed by atoms with Gasteiger partial charge in [0.2, 0.25) is 0 Å². The lowest BCUT2D eigenvalue weighted by molar-refractivity contribution is 0.102. The lowest BCUT2D eigenvalue weighted by Gasteiger charge is -2.04. The van der Waals surface area contributed by atoms with E-state index in [1.807, 2.05) is 36.4 Å². The number of nitrogens with zero attached hydrogens (tertiary/aromatic N) is 4. The Morgan fingerprint density at radius 3 is 2.76 bits per heavy atom. The van der Waals surface area contributed by atoms with E-state index in [9.17, 15) is 4.79 Å². The second kappa shape index (κ2) is 8.39. The molecule has 8 heteroatoms. The van der Waals surface area contributed by atoms with Crippen molar-refractivity contribution in [1.82, 2.24) is 25.0 Å². The van der Waals surface area contributed by atoms with Gasteiger partial charge in [-0.05, 0) is 54.8 Å². The summed E-state index contributed by atoms with van der Waals surface area (Å²) in [4.78, 5) is 16.4. The van der Waals surface area contributed by atoms with Crippen LogP contribution in [0.4, 0.5) is 5.82 Å². The molecule has 0 spiro atoms. The first-order chi connectivity index (χ1) is 14.2. The Morgan fingerprint density at radius 1 is 1.14 bits per heavy atom. The number of amides is 1. The van der Waals surface area contributed by atoms with E-state index in [0.717, 1.165) is 30.0 Å². The number of benzene rings is 2. The van der Waals surface area contributed by atoms with Crippen LogP contribution in [0.2, 0.25) is 0 Å². The first kappa shape index (κ1) is 18.4. The van der Waals surface area contributed by atoms with Crippen molar-refractivity contribution in [1.29, 1.82) is 0 Å². The summed E-state index contributed by atoms with van der Waals surface area (Å²) in [5.41, 5.74) is 3.50. The van der Waals surface area contributed by atoms with Crippen molar-refractivity contribution in [2.24, 2.45) is 0 Å². The monoisotopic (exact) mass is 388 g/mol. The third kappa shape index (κ3) is 4.49. The van der Waals surface area contributed by atoms with Gasteiger partial charge in [0.15, 0.2) is 5.82 Å². The molecule has 8 nitrogen and oxygen atoms in total. The maximum atomic E-state index is 12.5. The maximum absolute atomic E-state index is 12.5. The van der Waals surface area contributed by atoms with E-state index < -0.39 is 0 Å². The number of rotatable bonds is 7. The molecule has 0 aliphatic heterocycles. The molecule has 0 fully saturated rings. The van der Waals surface area contributed by atoms with E-state index in [1.165, 1.54) is 11.9 Å². The molecule has 2 N–H and O–H groups in total. The number of ether oxygens (including phenoxy) is 1. The molecule has 0 saturated heterocycles. The van der Waals surface area contributed by atoms with Gasteiger partial charge in [-0.1, -0.05) is 12.1 Å². The molecular formula is C21H20N6O2. The molecule has 29 heavy (non-hydrogen) atoms. The van der Waals surface area contributed by atoms with Crippen molar-refractivity contribution < 1.29 is 9.53 Å². The zero-order valence-corrected chi connectivity index (χ0v) is 15.9. The number of anilines is 1. The van der Waals surface area contributed by atoms with Crippen molar-refractivity contribution in [2.75, 3.05) is 12.4 Å². The van der Waals surface area contributed by atoms with Gasteiger partial charge in [0, 0.05) is 17.3 Å². The highest BCUT2D eigenvalue weighted by Gasteiger charge is 2.09. The summed E-state index contributed by atoms with van der Waals surface area (Å²) in [6, 6.07) is 16.9. The van der Waals surface area contributed by atoms with Crippen LogP contribution in [0.25, 0.3) is 5.69 Å². The van der Waals surface area contributed by atoms with Gasteiger partial charge >= 0.3 is 0 Å². The van der Waals surface area contributed by atoms with Crippen molar-refractivity contribution in [3.63, 3.8) is 0 Å². The number of aromatic nitrogens is 5. The van der Waals surface area contributed by atoms with E-state index in [-0.39, 0.29) is 5.91 Å². The number of aromatic amines is 1. The standard InChI is InChI=1S/C21H20N6O2/c1-29-19-4-2-3-15(11-19)5-8-17-12-20(26-25-17)24-21(28)16-6-9-18(10-7-16)27-14-22-13-23-27/h2-4,6-7,9-14H,5,8H2,1H3,(H2,24,25,26,28). The molecule has 0 bridgehead atoms. The van der Waals surface area contributed by atoms with Crippen molar-refractivity contribution >= 4 is 11.7 Å². The van der Waals surface area contributed by atoms with Gasteiger partial charge in [0.1, 0.15) is 18.4 Å². The molecule has 0 unspecified atom stereocenters. The molecule has 2 heterocycles. The van der Waals surface area contributed by atoms with Crippen LogP contribution in [-0.2, 0) is 12.8 Å². The zero-order chi connectivity index (χ0) is 20.1. The minimum atomic E-state index is -0.221. The Kier molecular flexibility index (Phi) is 5.33. The number of aryl methyl sites for hydroxylation is 2. The van der Waals surface area contributed by atoms with Gasteiger partial charge in [0.05, 0.1) is 12.8 Å². The summed E-state index contributed by atoms with van der Waals surface area (Å²) in [5, 5.41) is 14.0. The quantitative estimate of drug-likeness (QED) is 0.507. The average molecular weight is 388 g/mol. The Bertz CT molecular complexity index is 1090. The summed E-state index contributed by atoms with van der Waals surface area (Å²) in [6.07, 6.45) is 4.69. The van der Waals surface area contributed by atoms with Crippen LogP contribution < -0.4 is 10.1 Å². The molecule has 0 aliphatic rings. The van der Waals surface area contributed by atoms with Crippen LogP contribution in [0.5, 0.6) is 5.75 Å². The second-order valence-corrected chi connectivity index (χ2v) is 6.47. The van der Waals surface area contributed by atoms with Crippen LogP contribution in [-0.4, -0.2) is 38.0 Å². The fraction of sp³-hybridized carbons (Fsp3) is 0.143. The third-order valence-electron chi connectivity index (χ3n) is 4.50. The molecule has 2 aromatic heterocycles. The molecule has 4 aromatic rings. The second-order valence-electron chi connectivity index (χ2n) is 6.47. The number of hydrogen-bond acceptors (Lipinski definition) is 5. The Labute approximate surface area is 167 Å². The Hall–Kier alpha value is -3.94. The molecule has 0 radical (unpaired) electrons. The van der Waals surface area contributed by atoms with E-state index in [2.05, 4.69) is 31.7 Å². The maximum Gasteiger partial charge on any atom is 0.256 e. The summed E-state index contributed by atoms with van der Waals surface area (Å²) in [7, 11) is 1.66. The third-order valence-corrected chi connectivity index (χ3v) is 4.50. The first-order valence-electron chi connectivity index (χ1n) is 9.15. The smallest absolute Gasteiger partial charge is 0.256 e. The predicted molar refractivity (Wildman–Crippen MR) is 108 cm³/mol. The van der Waals surface area contributed by atoms with E-state index in [0.29, 0.717) is 11.4 Å². The normalized spacial score (nSPS) is 10.7. The molecule has 146 valence electrons. The molecule has 0 aliphatic carbocycles. The number of methoxy groups -OCH3 is 1. The molecule has 1 amide bonds. The van der Waals surface area contributed by atoms with Gasteiger partial charge in [0.25, 0.3) is 5.91 Å². The van der Waals surface area contributed by atoms with E-state index >= 15 is 0 Å². The summed E-state index contributed by atoms with van der Waals surface area (Å²) in [6.45, 7) is 0. The SMILES string of the molecule is COc1cccc(CCc2cc(NC(=O)c3ccc(-n4cncn4)cc3)n[nH]2)c1. The van der Waals surface area contributed by atoms with Gasteiger partial charge in [-0.2, -0.15) is 10.2 Å². The minimum absolute atomic E-state index is 0.221. The fourth-order valence-corrected chi connectivity index (χ4v) is 2.96. The Morgan fingerprint density at radius 2 is 2.00 bits per heavy atom. The van der Waals surface area contributed by atoms with E-state index in [1.54, 1.807) is 30.3 Å². The van der Waals surface area contributed by atoms with Gasteiger partial charge in [-0.25, -0.2) is 9.67 Å². The van der Waals surface area contributed by atoms with Crippen LogP contribution in [0.15, 0.2) is 67.3 Å². The van der Waals surface area contributed by atoms with Crippen LogP contribution in [0.3, 0.4) is 0 Å². The number of carbonyl (C=O) groups is 1. The van der Waals surface area contributed by atoms with Gasteiger partial charge < -0.3 is 10.1 Å². The molecule has 0 atom stereocenters. The van der Waals surface area contributed by atoms with Crippen molar-refractivity contribution in [3.05, 3.63) is 84.1 Å². The molecule has 0 saturated carbocycles. The zero-order valence-electron chi connectivity index (χ0n) is 15.9. The van der Waals surface area contributed by atoms with E-state index in [4.69, 9.17) is 4.74 Å². The summed E-state index contributed by atoms with van der Waals surface area (Å²) >= 11 is 0. The molecule has 2 aromatic carbocycles. The topological polar surface area (TPSA) is 97.7 Å². The van der Waals surface area contributed by atoms with Gasteiger partial charge in [-0.3, -0.25) is 9.89 Å². The fourth-order valence-electron chi connectivity index (χ4n) is 2.96. The van der Waals surface area contributed by atoms with Crippen LogP contribution >= 0.6 is 0 Å². The highest BCUT2D eigenvalue weighted by molar-refractivity contribution is 6.03. The lowest BCUT2D eigenvalue weighted by Crippen LogP contribution is -2.12. The highest BCUT2D eigenvalue weighted by atomic mass is 16.5. The Balaban J connectivity index is 1.35. The molecular weight excluding hydrogens is 368 g/mol. The number of H-pyrrole nitrogens is 1. The number of nitrogens with one attached hydrogen (secondary N) is 2. The predicted octanol–water partition coefficient (Wildman–Crippen LogP) is 3.04. The molecule has 4 rings (SSSR count). The van der Waals surface area contributed by atoms with Crippen LogP contribution in [0, 0.1) is 0 Å². The number of hydrogen-bond donors (Lipinski definition) is 2. The van der Waals surface area contributed by atoms with Crippen LogP contribution in [0.1, 0.15) is 21.6 Å². The highest BCUT2D eigenvalue weighted by Crippen LogP contribution is 2.16. The van der Waals surface area contributed by atoms with Gasteiger partial charge in [-0.15, -0.1) is 0 Å². The largest absolute Gasteiger partial charge is 0.497 e. The lowest BCUT2D eigenvalue weighted by atomic mass is 10.1. The average Bonchev–Trinajstić information content (AvgIpc) is 3.45. The number of carbonyl (C=O) groups excluding carboxylic acids is 1. The van der Waals surface area contributed by atoms with Crippen molar-refractivity contribution in [2.45, 2.75) is 12.8 Å².